The molecule has 1 aliphatic rings. The molecule has 2 aromatic rings. The molecule has 1 fully saturated rings. The van der Waals surface area contributed by atoms with Crippen molar-refractivity contribution in [1.29, 1.82) is 0 Å². The SMILES string of the molecule is CCC(C)NC(=O)C1(c2ccc(NS(=O)(=O)c3ccc(C)cc3)cc2)CC1. The molecule has 1 saturated carbocycles. The van der Waals surface area contributed by atoms with Crippen LogP contribution in [0.2, 0.25) is 0 Å². The molecule has 3 rings (SSSR count). The zero-order valence-corrected chi connectivity index (χ0v) is 16.8. The van der Waals surface area contributed by atoms with Crippen molar-refractivity contribution in [2.45, 2.75) is 56.4 Å². The van der Waals surface area contributed by atoms with Gasteiger partial charge in [-0.05, 0) is 62.9 Å². The highest BCUT2D eigenvalue weighted by molar-refractivity contribution is 7.92. The fraction of sp³-hybridized carbons (Fsp3) is 0.381. The van der Waals surface area contributed by atoms with Gasteiger partial charge in [0.2, 0.25) is 5.91 Å². The number of rotatable bonds is 7. The van der Waals surface area contributed by atoms with E-state index < -0.39 is 15.4 Å². The number of sulfonamides is 1. The minimum atomic E-state index is -3.63. The maximum atomic E-state index is 12.6. The van der Waals surface area contributed by atoms with Gasteiger partial charge in [-0.3, -0.25) is 9.52 Å². The van der Waals surface area contributed by atoms with Crippen LogP contribution in [-0.2, 0) is 20.2 Å². The minimum absolute atomic E-state index is 0.0600. The molecule has 27 heavy (non-hydrogen) atoms. The first-order valence-corrected chi connectivity index (χ1v) is 10.8. The highest BCUT2D eigenvalue weighted by atomic mass is 32.2. The molecule has 1 unspecified atom stereocenters. The van der Waals surface area contributed by atoms with Crippen LogP contribution in [0.25, 0.3) is 0 Å². The molecule has 5 nitrogen and oxygen atoms in total. The fourth-order valence-electron chi connectivity index (χ4n) is 3.02. The number of hydrogen-bond acceptors (Lipinski definition) is 3. The van der Waals surface area contributed by atoms with Gasteiger partial charge in [-0.15, -0.1) is 0 Å². The zero-order valence-electron chi connectivity index (χ0n) is 16.0. The summed E-state index contributed by atoms with van der Waals surface area (Å²) in [5, 5.41) is 3.06. The van der Waals surface area contributed by atoms with Crippen LogP contribution in [0, 0.1) is 6.92 Å². The van der Waals surface area contributed by atoms with E-state index in [2.05, 4.69) is 10.0 Å². The number of hydrogen-bond donors (Lipinski definition) is 2. The van der Waals surface area contributed by atoms with Gasteiger partial charge in [0, 0.05) is 11.7 Å². The van der Waals surface area contributed by atoms with Crippen molar-refractivity contribution in [1.82, 2.24) is 5.32 Å². The van der Waals surface area contributed by atoms with E-state index in [1.807, 2.05) is 32.9 Å². The van der Waals surface area contributed by atoms with Gasteiger partial charge in [-0.2, -0.15) is 0 Å². The second-order valence-electron chi connectivity index (χ2n) is 7.36. The highest BCUT2D eigenvalue weighted by Gasteiger charge is 2.51. The second kappa shape index (κ2) is 7.35. The summed E-state index contributed by atoms with van der Waals surface area (Å²) in [6.07, 6.45) is 2.54. The summed E-state index contributed by atoms with van der Waals surface area (Å²) in [5.41, 5.74) is 1.96. The van der Waals surface area contributed by atoms with E-state index in [0.29, 0.717) is 5.69 Å². The maximum Gasteiger partial charge on any atom is 0.261 e. The van der Waals surface area contributed by atoms with E-state index in [1.165, 1.54) is 0 Å². The molecule has 0 saturated heterocycles. The van der Waals surface area contributed by atoms with E-state index >= 15 is 0 Å². The summed E-state index contributed by atoms with van der Waals surface area (Å²) >= 11 is 0. The summed E-state index contributed by atoms with van der Waals surface area (Å²) in [5.74, 6) is 0.0600. The molecule has 0 aliphatic heterocycles. The van der Waals surface area contributed by atoms with Crippen LogP contribution in [-0.4, -0.2) is 20.4 Å². The Morgan fingerprint density at radius 3 is 2.19 bits per heavy atom. The number of amides is 1. The molecule has 0 spiro atoms. The Bertz CT molecular complexity index is 915. The van der Waals surface area contributed by atoms with Crippen LogP contribution in [0.1, 0.15) is 44.2 Å². The number of aryl methyl sites for hydroxylation is 1. The third-order valence-corrected chi connectivity index (χ3v) is 6.59. The van der Waals surface area contributed by atoms with E-state index in [1.54, 1.807) is 36.4 Å². The highest BCUT2D eigenvalue weighted by Crippen LogP contribution is 2.48. The number of carbonyl (C=O) groups is 1. The molecular formula is C21H26N2O3S. The van der Waals surface area contributed by atoms with Crippen LogP contribution < -0.4 is 10.0 Å². The predicted octanol–water partition coefficient (Wildman–Crippen LogP) is 3.74. The number of carbonyl (C=O) groups excluding carboxylic acids is 1. The maximum absolute atomic E-state index is 12.6. The first-order chi connectivity index (χ1) is 12.8. The van der Waals surface area contributed by atoms with Crippen molar-refractivity contribution in [2.24, 2.45) is 0 Å². The average Bonchev–Trinajstić information content (AvgIpc) is 3.44. The Labute approximate surface area is 161 Å². The van der Waals surface area contributed by atoms with Crippen LogP contribution >= 0.6 is 0 Å². The van der Waals surface area contributed by atoms with E-state index in [-0.39, 0.29) is 16.8 Å². The van der Waals surface area contributed by atoms with Crippen LogP contribution in [0.15, 0.2) is 53.4 Å². The number of nitrogens with one attached hydrogen (secondary N) is 2. The summed E-state index contributed by atoms with van der Waals surface area (Å²) in [7, 11) is -3.63. The molecule has 0 heterocycles. The second-order valence-corrected chi connectivity index (χ2v) is 9.04. The van der Waals surface area contributed by atoms with Gasteiger partial charge in [-0.1, -0.05) is 36.8 Å². The summed E-state index contributed by atoms with van der Waals surface area (Å²) in [6.45, 7) is 5.95. The molecule has 2 N–H and O–H groups in total. The Balaban J connectivity index is 1.74. The lowest BCUT2D eigenvalue weighted by molar-refractivity contribution is -0.124. The molecule has 1 aliphatic carbocycles. The van der Waals surface area contributed by atoms with Gasteiger partial charge in [0.25, 0.3) is 10.0 Å². The Morgan fingerprint density at radius 2 is 1.67 bits per heavy atom. The molecule has 6 heteroatoms. The third kappa shape index (κ3) is 4.16. The molecule has 2 aromatic carbocycles. The topological polar surface area (TPSA) is 75.3 Å². The molecule has 0 bridgehead atoms. The molecule has 0 aromatic heterocycles. The Morgan fingerprint density at radius 1 is 1.07 bits per heavy atom. The Hall–Kier alpha value is -2.34. The van der Waals surface area contributed by atoms with Crippen molar-refractivity contribution in [3.8, 4) is 0 Å². The first-order valence-electron chi connectivity index (χ1n) is 9.28. The van der Waals surface area contributed by atoms with Crippen molar-refractivity contribution < 1.29 is 13.2 Å². The van der Waals surface area contributed by atoms with Crippen LogP contribution in [0.4, 0.5) is 5.69 Å². The fourth-order valence-corrected chi connectivity index (χ4v) is 4.08. The van der Waals surface area contributed by atoms with Crippen LogP contribution in [0.5, 0.6) is 0 Å². The van der Waals surface area contributed by atoms with Crippen molar-refractivity contribution in [3.05, 3.63) is 59.7 Å². The summed E-state index contributed by atoms with van der Waals surface area (Å²) in [6, 6.07) is 14.0. The molecule has 144 valence electrons. The number of anilines is 1. The largest absolute Gasteiger partial charge is 0.353 e. The smallest absolute Gasteiger partial charge is 0.261 e. The average molecular weight is 387 g/mol. The molecule has 1 amide bonds. The number of benzene rings is 2. The third-order valence-electron chi connectivity index (χ3n) is 5.20. The minimum Gasteiger partial charge on any atom is -0.353 e. The first kappa shape index (κ1) is 19.4. The van der Waals surface area contributed by atoms with Gasteiger partial charge >= 0.3 is 0 Å². The van der Waals surface area contributed by atoms with E-state index in [4.69, 9.17) is 0 Å². The molecule has 1 atom stereocenters. The lowest BCUT2D eigenvalue weighted by Gasteiger charge is -2.19. The van der Waals surface area contributed by atoms with Gasteiger partial charge in [0.1, 0.15) is 0 Å². The Kier molecular flexibility index (Phi) is 5.29. The van der Waals surface area contributed by atoms with Gasteiger partial charge in [0.15, 0.2) is 0 Å². The lowest BCUT2D eigenvalue weighted by Crippen LogP contribution is -2.39. The molecule has 0 radical (unpaired) electrons. The summed E-state index contributed by atoms with van der Waals surface area (Å²) < 4.78 is 27.6. The monoisotopic (exact) mass is 386 g/mol. The zero-order chi connectivity index (χ0) is 19.7. The quantitative estimate of drug-likeness (QED) is 0.761. The molecular weight excluding hydrogens is 360 g/mol. The van der Waals surface area contributed by atoms with E-state index in [0.717, 1.165) is 30.4 Å². The lowest BCUT2D eigenvalue weighted by atomic mass is 9.94. The van der Waals surface area contributed by atoms with Gasteiger partial charge in [0.05, 0.1) is 10.3 Å². The normalized spacial score (nSPS) is 16.4. The predicted molar refractivity (Wildman–Crippen MR) is 107 cm³/mol. The van der Waals surface area contributed by atoms with Crippen LogP contribution in [0.3, 0.4) is 0 Å². The summed E-state index contributed by atoms with van der Waals surface area (Å²) in [4.78, 5) is 12.8. The standard InChI is InChI=1S/C21H26N2O3S/c1-4-16(3)22-20(24)21(13-14-21)17-7-9-18(10-8-17)23-27(25,26)19-11-5-15(2)6-12-19/h5-12,16,23H,4,13-14H2,1-3H3,(H,22,24). The van der Waals surface area contributed by atoms with Crippen molar-refractivity contribution in [3.63, 3.8) is 0 Å². The van der Waals surface area contributed by atoms with Crippen molar-refractivity contribution in [2.75, 3.05) is 4.72 Å². The van der Waals surface area contributed by atoms with Gasteiger partial charge < -0.3 is 5.32 Å². The van der Waals surface area contributed by atoms with Gasteiger partial charge in [-0.25, -0.2) is 8.42 Å². The van der Waals surface area contributed by atoms with E-state index in [9.17, 15) is 13.2 Å². The van der Waals surface area contributed by atoms with Crippen molar-refractivity contribution >= 4 is 21.6 Å².